The van der Waals surface area contributed by atoms with Gasteiger partial charge in [-0.25, -0.2) is 0 Å². The molecular formula is C4H6OPPd-. The molecule has 0 bridgehead atoms. The molecule has 0 aliphatic carbocycles. The Morgan fingerprint density at radius 1 is 1.43 bits per heavy atom. The smallest absolute Gasteiger partial charge is 0 e. The first-order chi connectivity index (χ1) is 2.50. The van der Waals surface area contributed by atoms with E-state index in [1.54, 1.807) is 18.4 Å². The number of furan rings is 1. The summed E-state index contributed by atoms with van der Waals surface area (Å²) in [5.74, 6) is 0. The Labute approximate surface area is 59.8 Å². The molecular weight excluding hydrogens is 201 g/mol. The second-order valence-electron chi connectivity index (χ2n) is 0.731. The van der Waals surface area contributed by atoms with Gasteiger partial charge >= 0.3 is 0 Å². The number of hydrogen-bond acceptors (Lipinski definition) is 1. The van der Waals surface area contributed by atoms with Crippen molar-refractivity contribution in [2.75, 3.05) is 0 Å². The van der Waals surface area contributed by atoms with Crippen LogP contribution in [0.15, 0.2) is 22.8 Å². The van der Waals surface area contributed by atoms with Crippen LogP contribution in [0.1, 0.15) is 0 Å². The van der Waals surface area contributed by atoms with Crippen molar-refractivity contribution in [1.82, 2.24) is 0 Å². The standard InChI is InChI=1S/C4H3O.H3P.Pd/c1-2-4-5-3-1;;/h1-3H;1H3;/q-1;;. The van der Waals surface area contributed by atoms with E-state index in [-0.39, 0.29) is 30.3 Å². The third kappa shape index (κ3) is 4.22. The molecule has 1 atom stereocenters. The molecule has 1 aromatic heterocycles. The average molecular weight is 207 g/mol. The maximum Gasteiger partial charge on any atom is 0 e. The third-order valence-corrected chi connectivity index (χ3v) is 0.379. The summed E-state index contributed by atoms with van der Waals surface area (Å²) >= 11 is 0. The van der Waals surface area contributed by atoms with Gasteiger partial charge in [0.15, 0.2) is 0 Å². The van der Waals surface area contributed by atoms with Gasteiger partial charge in [0.25, 0.3) is 0 Å². The molecule has 0 aromatic carbocycles. The van der Waals surface area contributed by atoms with Crippen molar-refractivity contribution < 1.29 is 24.8 Å². The van der Waals surface area contributed by atoms with E-state index in [1.165, 1.54) is 0 Å². The maximum atomic E-state index is 4.46. The fourth-order valence-corrected chi connectivity index (χ4v) is 0.196. The Hall–Kier alpha value is 0.372. The second-order valence-corrected chi connectivity index (χ2v) is 0.731. The SMILES string of the molecule is P.[Pd].[c-]1ccco1. The van der Waals surface area contributed by atoms with Crippen LogP contribution in [0.2, 0.25) is 0 Å². The van der Waals surface area contributed by atoms with Crippen LogP contribution in [-0.2, 0) is 20.4 Å². The molecule has 0 radical (unpaired) electrons. The molecule has 0 saturated carbocycles. The fourth-order valence-electron chi connectivity index (χ4n) is 0.196. The molecule has 0 N–H and O–H groups in total. The van der Waals surface area contributed by atoms with Gasteiger partial charge in [-0.15, -0.1) is 6.07 Å². The summed E-state index contributed by atoms with van der Waals surface area (Å²) in [5.41, 5.74) is 0. The second kappa shape index (κ2) is 6.37. The van der Waals surface area contributed by atoms with E-state index in [0.717, 1.165) is 0 Å². The Morgan fingerprint density at radius 2 is 2.14 bits per heavy atom. The zero-order valence-electron chi connectivity index (χ0n) is 3.66. The van der Waals surface area contributed by atoms with Crippen LogP contribution in [0, 0.1) is 6.26 Å². The van der Waals surface area contributed by atoms with Gasteiger partial charge in [-0.2, -0.15) is 16.0 Å². The Kier molecular flexibility index (Phi) is 9.44. The van der Waals surface area contributed by atoms with Gasteiger partial charge in [0.05, 0.1) is 0 Å². The number of hydrogen-bond donors (Lipinski definition) is 0. The molecule has 0 aliphatic heterocycles. The van der Waals surface area contributed by atoms with Crippen molar-refractivity contribution in [2.24, 2.45) is 0 Å². The van der Waals surface area contributed by atoms with E-state index < -0.39 is 0 Å². The van der Waals surface area contributed by atoms with Crippen molar-refractivity contribution >= 4 is 9.90 Å². The van der Waals surface area contributed by atoms with Gasteiger partial charge in [-0.3, -0.25) is 0 Å². The van der Waals surface area contributed by atoms with Gasteiger partial charge < -0.3 is 4.42 Å². The van der Waals surface area contributed by atoms with Crippen LogP contribution >= 0.6 is 9.90 Å². The maximum absolute atomic E-state index is 4.46. The van der Waals surface area contributed by atoms with Crippen molar-refractivity contribution in [2.45, 2.75) is 0 Å². The largest absolute Gasteiger partial charge is 0.599 e. The zero-order chi connectivity index (χ0) is 3.54. The van der Waals surface area contributed by atoms with Crippen LogP contribution in [0.5, 0.6) is 0 Å². The Morgan fingerprint density at radius 3 is 2.29 bits per heavy atom. The first-order valence-corrected chi connectivity index (χ1v) is 1.40. The summed E-state index contributed by atoms with van der Waals surface area (Å²) < 4.78 is 4.46. The number of rotatable bonds is 0. The van der Waals surface area contributed by atoms with Gasteiger partial charge in [-0.05, 0) is 6.26 Å². The molecule has 0 spiro atoms. The minimum Gasteiger partial charge on any atom is -0.599 e. The van der Waals surface area contributed by atoms with Gasteiger partial charge in [0, 0.05) is 20.4 Å². The van der Waals surface area contributed by atoms with Gasteiger partial charge in [0.2, 0.25) is 0 Å². The molecule has 3 heteroatoms. The zero-order valence-corrected chi connectivity index (χ0v) is 6.63. The van der Waals surface area contributed by atoms with Crippen molar-refractivity contribution in [3.8, 4) is 0 Å². The van der Waals surface area contributed by atoms with E-state index in [2.05, 4.69) is 10.7 Å². The van der Waals surface area contributed by atoms with E-state index in [0.29, 0.717) is 0 Å². The van der Waals surface area contributed by atoms with Gasteiger partial charge in [0.1, 0.15) is 0 Å². The van der Waals surface area contributed by atoms with Crippen molar-refractivity contribution in [3.63, 3.8) is 0 Å². The molecule has 0 amide bonds. The first kappa shape index (κ1) is 10.4. The molecule has 1 nitrogen and oxygen atoms in total. The molecule has 1 aromatic rings. The average Bonchev–Trinajstić information content (AvgIpc) is 1.76. The van der Waals surface area contributed by atoms with E-state index in [9.17, 15) is 0 Å². The van der Waals surface area contributed by atoms with Crippen LogP contribution in [0.25, 0.3) is 0 Å². The summed E-state index contributed by atoms with van der Waals surface area (Å²) in [6.07, 6.45) is 4.06. The van der Waals surface area contributed by atoms with Crippen molar-refractivity contribution in [3.05, 3.63) is 24.7 Å². The topological polar surface area (TPSA) is 13.1 Å². The minimum atomic E-state index is 0. The summed E-state index contributed by atoms with van der Waals surface area (Å²) in [4.78, 5) is 0. The molecule has 1 heterocycles. The van der Waals surface area contributed by atoms with Crippen LogP contribution in [0.4, 0.5) is 0 Å². The van der Waals surface area contributed by atoms with Gasteiger partial charge in [-0.1, -0.05) is 6.26 Å². The Bertz CT molecular complexity index is 68.2. The van der Waals surface area contributed by atoms with Crippen molar-refractivity contribution in [1.29, 1.82) is 0 Å². The monoisotopic (exact) mass is 207 g/mol. The predicted octanol–water partition coefficient (Wildman–Crippen LogP) is 1.14. The van der Waals surface area contributed by atoms with E-state index >= 15 is 0 Å². The quantitative estimate of drug-likeness (QED) is 0.353. The molecule has 7 heavy (non-hydrogen) atoms. The molecule has 0 saturated heterocycles. The fraction of sp³-hybridized carbons (Fsp3) is 0. The third-order valence-electron chi connectivity index (χ3n) is 0.379. The van der Waals surface area contributed by atoms with Crippen LogP contribution in [0.3, 0.4) is 0 Å². The first-order valence-electron chi connectivity index (χ1n) is 1.40. The summed E-state index contributed by atoms with van der Waals surface area (Å²) in [5, 5.41) is 0. The summed E-state index contributed by atoms with van der Waals surface area (Å²) in [7, 11) is 0. The minimum absolute atomic E-state index is 0. The van der Waals surface area contributed by atoms with Crippen LogP contribution in [-0.4, -0.2) is 0 Å². The molecule has 44 valence electrons. The molecule has 1 unspecified atom stereocenters. The summed E-state index contributed by atoms with van der Waals surface area (Å²) in [6.45, 7) is 0. The van der Waals surface area contributed by atoms with Crippen LogP contribution < -0.4 is 0 Å². The normalized spacial score (nSPS) is 5.71. The van der Waals surface area contributed by atoms with E-state index in [4.69, 9.17) is 0 Å². The Balaban J connectivity index is 0. The predicted molar refractivity (Wildman–Crippen MR) is 28.6 cm³/mol. The molecule has 1 rings (SSSR count). The molecule has 0 fully saturated rings. The molecule has 0 aliphatic rings. The van der Waals surface area contributed by atoms with E-state index in [1.807, 2.05) is 0 Å². The summed E-state index contributed by atoms with van der Waals surface area (Å²) in [6, 6.07) is 3.49.